The number of aliphatic imine (C=N–C) groups is 1. The van der Waals surface area contributed by atoms with Crippen molar-refractivity contribution in [3.8, 4) is 5.88 Å². The first-order valence-corrected chi connectivity index (χ1v) is 12.3. The molecule has 4 rings (SSSR count). The van der Waals surface area contributed by atoms with Gasteiger partial charge in [0.1, 0.15) is 18.3 Å². The number of rotatable bonds is 7. The Hall–Kier alpha value is -3.02. The topological polar surface area (TPSA) is 119 Å². The maximum atomic E-state index is 13.3. The van der Waals surface area contributed by atoms with Crippen molar-refractivity contribution < 1.29 is 23.0 Å². The first-order chi connectivity index (χ1) is 15.9. The van der Waals surface area contributed by atoms with Crippen LogP contribution in [0.3, 0.4) is 0 Å². The second-order valence-electron chi connectivity index (χ2n) is 9.23. The largest absolute Gasteiger partial charge is 0.475 e. The van der Waals surface area contributed by atoms with E-state index in [-0.39, 0.29) is 17.7 Å². The zero-order valence-electron chi connectivity index (χ0n) is 20.1. The fourth-order valence-electron chi connectivity index (χ4n) is 3.75. The Bertz CT molecular complexity index is 1360. The van der Waals surface area contributed by atoms with Gasteiger partial charge < -0.3 is 14.6 Å². The molecule has 0 aliphatic carbocycles. The number of fused-ring (bicyclic) bond motifs is 1. The highest BCUT2D eigenvalue weighted by Gasteiger charge is 2.35. The molecule has 182 valence electrons. The molecular weight excluding hydrogens is 458 g/mol. The van der Waals surface area contributed by atoms with Crippen LogP contribution in [0.1, 0.15) is 50.6 Å². The Morgan fingerprint density at radius 3 is 2.59 bits per heavy atom. The molecule has 3 aromatic heterocycles. The number of nitrogens with zero attached hydrogens (tertiary/aromatic N) is 5. The molecule has 11 heteroatoms. The third kappa shape index (κ3) is 4.26. The zero-order chi connectivity index (χ0) is 24.8. The second-order valence-corrected chi connectivity index (χ2v) is 11.2. The van der Waals surface area contributed by atoms with E-state index in [2.05, 4.69) is 15.0 Å². The van der Waals surface area contributed by atoms with Gasteiger partial charge >= 0.3 is 10.2 Å². The Balaban J connectivity index is 1.97. The van der Waals surface area contributed by atoms with E-state index in [0.717, 1.165) is 8.28 Å². The smallest absolute Gasteiger partial charge is 0.307 e. The molecule has 4 heterocycles. The van der Waals surface area contributed by atoms with Crippen molar-refractivity contribution in [1.82, 2.24) is 18.2 Å². The van der Waals surface area contributed by atoms with Crippen LogP contribution in [0, 0.1) is 0 Å². The van der Waals surface area contributed by atoms with Crippen molar-refractivity contribution in [3.63, 3.8) is 0 Å². The number of aliphatic hydroxyl groups is 1. The van der Waals surface area contributed by atoms with E-state index < -0.39 is 21.9 Å². The average Bonchev–Trinajstić information content (AvgIpc) is 3.32. The monoisotopic (exact) mass is 487 g/mol. The van der Waals surface area contributed by atoms with Crippen LogP contribution >= 0.6 is 0 Å². The third-order valence-electron chi connectivity index (χ3n) is 5.33. The van der Waals surface area contributed by atoms with Gasteiger partial charge in [-0.1, -0.05) is 0 Å². The van der Waals surface area contributed by atoms with Crippen LogP contribution in [0.5, 0.6) is 5.88 Å². The Labute approximate surface area is 199 Å². The summed E-state index contributed by atoms with van der Waals surface area (Å²) in [4.78, 5) is 13.1. The first kappa shape index (κ1) is 24.1. The molecule has 1 N–H and O–H groups in total. The zero-order valence-corrected chi connectivity index (χ0v) is 20.9. The molecule has 0 saturated heterocycles. The van der Waals surface area contributed by atoms with Gasteiger partial charge in [-0.3, -0.25) is 4.98 Å². The summed E-state index contributed by atoms with van der Waals surface area (Å²) < 4.78 is 40.6. The Morgan fingerprint density at radius 1 is 1.24 bits per heavy atom. The number of ether oxygens (including phenoxy) is 2. The van der Waals surface area contributed by atoms with Crippen LogP contribution in [0.25, 0.3) is 10.9 Å². The standard InChI is InChI=1S/C23H29N5O5S/c1-14(2)33-21-19(22-26-23(3,4)13-32-22)16(7-10-25-21)20(29)18-11-15-12-24-9-8-17(15)28(18)34(30,31)27(5)6/h7-12,14,20,29H,13H2,1-6H3. The highest BCUT2D eigenvalue weighted by atomic mass is 32.2. The molecule has 1 aliphatic rings. The molecule has 0 spiro atoms. The van der Waals surface area contributed by atoms with Crippen molar-refractivity contribution >= 4 is 27.0 Å². The summed E-state index contributed by atoms with van der Waals surface area (Å²) in [6.45, 7) is 7.96. The van der Waals surface area contributed by atoms with Gasteiger partial charge in [0, 0.05) is 43.6 Å². The van der Waals surface area contributed by atoms with Gasteiger partial charge in [-0.2, -0.15) is 12.7 Å². The maximum absolute atomic E-state index is 13.3. The van der Waals surface area contributed by atoms with Crippen molar-refractivity contribution in [2.24, 2.45) is 4.99 Å². The van der Waals surface area contributed by atoms with Crippen LogP contribution in [-0.4, -0.2) is 70.0 Å². The molecule has 34 heavy (non-hydrogen) atoms. The van der Waals surface area contributed by atoms with Gasteiger partial charge in [-0.15, -0.1) is 0 Å². The number of hydrogen-bond acceptors (Lipinski definition) is 8. The molecule has 0 radical (unpaired) electrons. The summed E-state index contributed by atoms with van der Waals surface area (Å²) >= 11 is 0. The molecule has 0 amide bonds. The van der Waals surface area contributed by atoms with Crippen molar-refractivity contribution in [2.75, 3.05) is 20.7 Å². The predicted molar refractivity (Wildman–Crippen MR) is 128 cm³/mol. The van der Waals surface area contributed by atoms with Crippen molar-refractivity contribution in [3.05, 3.63) is 53.6 Å². The normalized spacial score (nSPS) is 16.7. The van der Waals surface area contributed by atoms with E-state index in [1.165, 1.54) is 26.5 Å². The molecule has 1 unspecified atom stereocenters. The van der Waals surface area contributed by atoms with Crippen LogP contribution in [0.2, 0.25) is 0 Å². The lowest BCUT2D eigenvalue weighted by Gasteiger charge is -2.22. The molecule has 1 atom stereocenters. The van der Waals surface area contributed by atoms with Gasteiger partial charge in [-0.25, -0.2) is 13.9 Å². The Kier molecular flexibility index (Phi) is 6.13. The van der Waals surface area contributed by atoms with E-state index in [4.69, 9.17) is 9.47 Å². The average molecular weight is 488 g/mol. The Morgan fingerprint density at radius 2 is 1.97 bits per heavy atom. The van der Waals surface area contributed by atoms with Gasteiger partial charge in [0.25, 0.3) is 0 Å². The molecule has 0 fully saturated rings. The third-order valence-corrected chi connectivity index (χ3v) is 7.12. The highest BCUT2D eigenvalue weighted by molar-refractivity contribution is 7.87. The minimum Gasteiger partial charge on any atom is -0.475 e. The molecule has 0 saturated carbocycles. The van der Waals surface area contributed by atoms with Crippen LogP contribution in [0.4, 0.5) is 0 Å². The molecule has 0 aromatic carbocycles. The molecule has 10 nitrogen and oxygen atoms in total. The minimum atomic E-state index is -3.97. The molecule has 3 aromatic rings. The summed E-state index contributed by atoms with van der Waals surface area (Å²) in [7, 11) is -1.09. The fourth-order valence-corrected chi connectivity index (χ4v) is 4.91. The summed E-state index contributed by atoms with van der Waals surface area (Å²) in [5.74, 6) is 0.547. The van der Waals surface area contributed by atoms with E-state index in [9.17, 15) is 13.5 Å². The molecule has 0 bridgehead atoms. The summed E-state index contributed by atoms with van der Waals surface area (Å²) in [6.07, 6.45) is 3.02. The summed E-state index contributed by atoms with van der Waals surface area (Å²) in [5, 5.41) is 12.2. The van der Waals surface area contributed by atoms with Gasteiger partial charge in [0.05, 0.1) is 22.9 Å². The molecular formula is C23H29N5O5S. The minimum absolute atomic E-state index is 0.150. The number of aromatic nitrogens is 3. The second kappa shape index (κ2) is 8.64. The highest BCUT2D eigenvalue weighted by Crippen LogP contribution is 2.36. The van der Waals surface area contributed by atoms with Gasteiger partial charge in [0.2, 0.25) is 11.8 Å². The van der Waals surface area contributed by atoms with Gasteiger partial charge in [-0.05, 0) is 45.9 Å². The lowest BCUT2D eigenvalue weighted by Crippen LogP contribution is -2.31. The summed E-state index contributed by atoms with van der Waals surface area (Å²) in [6, 6.07) is 4.83. The van der Waals surface area contributed by atoms with Gasteiger partial charge in [0.15, 0.2) is 0 Å². The van der Waals surface area contributed by atoms with E-state index in [1.807, 2.05) is 27.7 Å². The lowest BCUT2D eigenvalue weighted by atomic mass is 10.0. The van der Waals surface area contributed by atoms with Crippen LogP contribution in [0.15, 0.2) is 41.8 Å². The van der Waals surface area contributed by atoms with E-state index in [0.29, 0.717) is 34.5 Å². The van der Waals surface area contributed by atoms with Crippen LogP contribution in [-0.2, 0) is 14.9 Å². The van der Waals surface area contributed by atoms with Crippen molar-refractivity contribution in [2.45, 2.75) is 45.4 Å². The lowest BCUT2D eigenvalue weighted by molar-refractivity contribution is 0.207. The van der Waals surface area contributed by atoms with E-state index in [1.54, 1.807) is 24.4 Å². The maximum Gasteiger partial charge on any atom is 0.307 e. The predicted octanol–water partition coefficient (Wildman–Crippen LogP) is 2.51. The number of hydrogen-bond donors (Lipinski definition) is 1. The van der Waals surface area contributed by atoms with Crippen LogP contribution < -0.4 is 4.74 Å². The summed E-state index contributed by atoms with van der Waals surface area (Å²) in [5.41, 5.74) is 0.858. The number of aliphatic hydroxyl groups excluding tert-OH is 1. The SMILES string of the molecule is CC(C)Oc1nccc(C(O)c2cc3cnccc3n2S(=O)(=O)N(C)C)c1C1=NC(C)(C)CO1. The number of pyridine rings is 2. The van der Waals surface area contributed by atoms with E-state index >= 15 is 0 Å². The fraction of sp³-hybridized carbons (Fsp3) is 0.435. The first-order valence-electron chi connectivity index (χ1n) is 10.9. The quantitative estimate of drug-likeness (QED) is 0.544. The van der Waals surface area contributed by atoms with Crippen molar-refractivity contribution in [1.29, 1.82) is 0 Å². The molecule has 1 aliphatic heterocycles.